The molecule has 2 aliphatic rings. The number of piperidine rings is 1. The first-order chi connectivity index (χ1) is 9.91. The van der Waals surface area contributed by atoms with Gasteiger partial charge in [-0.1, -0.05) is 0 Å². The van der Waals surface area contributed by atoms with E-state index in [-0.39, 0.29) is 12.8 Å². The van der Waals surface area contributed by atoms with Gasteiger partial charge in [-0.3, -0.25) is 0 Å². The molecule has 21 heavy (non-hydrogen) atoms. The second-order valence-electron chi connectivity index (χ2n) is 5.75. The summed E-state index contributed by atoms with van der Waals surface area (Å²) in [6.07, 6.45) is -1.76. The van der Waals surface area contributed by atoms with Crippen molar-refractivity contribution in [2.24, 2.45) is 5.92 Å². The summed E-state index contributed by atoms with van der Waals surface area (Å²) in [5.74, 6) is -0.815. The van der Waals surface area contributed by atoms with Crippen molar-refractivity contribution < 1.29 is 13.2 Å². The van der Waals surface area contributed by atoms with E-state index < -0.39 is 12.1 Å². The standard InChI is InChI=1S/C14H16F3N3S/c15-14(16,17)9-3-5-20(6-4-9)13-11(8-1-2-8)12(19)10(7-18)21-13/h8-9H,1-6,19H2. The molecule has 0 radical (unpaired) electrons. The number of hydrogen-bond acceptors (Lipinski definition) is 4. The van der Waals surface area contributed by atoms with Gasteiger partial charge in [0.2, 0.25) is 0 Å². The van der Waals surface area contributed by atoms with Gasteiger partial charge in [-0.05, 0) is 31.6 Å². The molecule has 114 valence electrons. The maximum atomic E-state index is 12.7. The van der Waals surface area contributed by atoms with Crippen molar-refractivity contribution in [1.82, 2.24) is 0 Å². The van der Waals surface area contributed by atoms with Crippen molar-refractivity contribution in [3.63, 3.8) is 0 Å². The summed E-state index contributed by atoms with van der Waals surface area (Å²) in [4.78, 5) is 2.47. The molecule has 1 aromatic heterocycles. The van der Waals surface area contributed by atoms with Crippen molar-refractivity contribution in [1.29, 1.82) is 5.26 Å². The molecule has 0 unspecified atom stereocenters. The van der Waals surface area contributed by atoms with Gasteiger partial charge in [0.15, 0.2) is 0 Å². The molecular weight excluding hydrogens is 299 g/mol. The number of anilines is 2. The van der Waals surface area contributed by atoms with Crippen LogP contribution in [0, 0.1) is 17.2 Å². The number of nitriles is 1. The monoisotopic (exact) mass is 315 g/mol. The van der Waals surface area contributed by atoms with E-state index in [1.807, 2.05) is 4.90 Å². The molecule has 0 aromatic carbocycles. The van der Waals surface area contributed by atoms with E-state index in [1.54, 1.807) is 0 Å². The lowest BCUT2D eigenvalue weighted by Crippen LogP contribution is -2.39. The van der Waals surface area contributed by atoms with Gasteiger partial charge in [-0.25, -0.2) is 0 Å². The predicted octanol–water partition coefficient (Wildman–Crippen LogP) is 3.86. The van der Waals surface area contributed by atoms with E-state index in [0.29, 0.717) is 29.6 Å². The van der Waals surface area contributed by atoms with Gasteiger partial charge in [0.1, 0.15) is 10.9 Å². The van der Waals surface area contributed by atoms with Crippen LogP contribution in [-0.2, 0) is 0 Å². The predicted molar refractivity (Wildman–Crippen MR) is 76.4 cm³/mol. The van der Waals surface area contributed by atoms with Crippen LogP contribution in [0.5, 0.6) is 0 Å². The topological polar surface area (TPSA) is 53.0 Å². The lowest BCUT2D eigenvalue weighted by molar-refractivity contribution is -0.179. The minimum Gasteiger partial charge on any atom is -0.397 e. The molecule has 0 amide bonds. The van der Waals surface area contributed by atoms with Crippen molar-refractivity contribution in [3.05, 3.63) is 10.4 Å². The van der Waals surface area contributed by atoms with Gasteiger partial charge in [-0.2, -0.15) is 18.4 Å². The number of nitrogens with two attached hydrogens (primary N) is 1. The molecular formula is C14H16F3N3S. The molecule has 2 N–H and O–H groups in total. The third-order valence-corrected chi connectivity index (χ3v) is 5.48. The largest absolute Gasteiger partial charge is 0.397 e. The molecule has 2 heterocycles. The number of thiophene rings is 1. The van der Waals surface area contributed by atoms with Gasteiger partial charge >= 0.3 is 6.18 Å². The summed E-state index contributed by atoms with van der Waals surface area (Å²) < 4.78 is 38.2. The van der Waals surface area contributed by atoms with E-state index in [2.05, 4.69) is 6.07 Å². The normalized spacial score (nSPS) is 20.6. The second kappa shape index (κ2) is 5.09. The number of alkyl halides is 3. The van der Waals surface area contributed by atoms with E-state index in [9.17, 15) is 13.2 Å². The fourth-order valence-electron chi connectivity index (χ4n) is 2.94. The smallest absolute Gasteiger partial charge is 0.391 e. The number of nitrogens with zero attached hydrogens (tertiary/aromatic N) is 2. The molecule has 3 rings (SSSR count). The van der Waals surface area contributed by atoms with Gasteiger partial charge < -0.3 is 10.6 Å². The molecule has 1 aromatic rings. The Morgan fingerprint density at radius 3 is 2.29 bits per heavy atom. The second-order valence-corrected chi connectivity index (χ2v) is 6.75. The average molecular weight is 315 g/mol. The molecule has 1 aliphatic heterocycles. The summed E-state index contributed by atoms with van der Waals surface area (Å²) >= 11 is 1.33. The number of hydrogen-bond donors (Lipinski definition) is 1. The van der Waals surface area contributed by atoms with Crippen molar-refractivity contribution >= 4 is 22.0 Å². The Balaban J connectivity index is 1.81. The number of rotatable bonds is 2. The van der Waals surface area contributed by atoms with E-state index in [4.69, 9.17) is 11.0 Å². The van der Waals surface area contributed by atoms with Crippen LogP contribution in [0.3, 0.4) is 0 Å². The van der Waals surface area contributed by atoms with E-state index >= 15 is 0 Å². The zero-order valence-corrected chi connectivity index (χ0v) is 12.2. The fraction of sp³-hybridized carbons (Fsp3) is 0.643. The fourth-order valence-corrected chi connectivity index (χ4v) is 4.10. The molecule has 3 nitrogen and oxygen atoms in total. The van der Waals surface area contributed by atoms with Gasteiger partial charge in [0.05, 0.1) is 16.6 Å². The minimum atomic E-state index is -4.10. The first kappa shape index (κ1) is 14.5. The highest BCUT2D eigenvalue weighted by atomic mass is 32.1. The quantitative estimate of drug-likeness (QED) is 0.901. The Morgan fingerprint density at radius 2 is 1.81 bits per heavy atom. The Labute approximate surface area is 125 Å². The molecule has 1 aliphatic carbocycles. The summed E-state index contributed by atoms with van der Waals surface area (Å²) in [6.45, 7) is 0.767. The third-order valence-electron chi connectivity index (χ3n) is 4.30. The summed E-state index contributed by atoms with van der Waals surface area (Å²) in [6, 6.07) is 2.10. The molecule has 0 spiro atoms. The molecule has 1 saturated heterocycles. The SMILES string of the molecule is N#Cc1sc(N2CCC(C(F)(F)F)CC2)c(C2CC2)c1N. The summed E-state index contributed by atoms with van der Waals surface area (Å²) in [7, 11) is 0. The zero-order chi connectivity index (χ0) is 15.2. The van der Waals surface area contributed by atoms with E-state index in [0.717, 1.165) is 23.4 Å². The Kier molecular flexibility index (Phi) is 3.52. The van der Waals surface area contributed by atoms with Crippen LogP contribution in [-0.4, -0.2) is 19.3 Å². The minimum absolute atomic E-state index is 0.118. The molecule has 1 saturated carbocycles. The summed E-state index contributed by atoms with van der Waals surface area (Å²) in [5.41, 5.74) is 7.58. The molecule has 0 atom stereocenters. The zero-order valence-electron chi connectivity index (χ0n) is 11.4. The van der Waals surface area contributed by atoms with Crippen molar-refractivity contribution in [2.75, 3.05) is 23.7 Å². The van der Waals surface area contributed by atoms with Crippen molar-refractivity contribution in [3.8, 4) is 6.07 Å². The van der Waals surface area contributed by atoms with Crippen LogP contribution >= 0.6 is 11.3 Å². The lowest BCUT2D eigenvalue weighted by atomic mass is 9.96. The highest BCUT2D eigenvalue weighted by Gasteiger charge is 2.42. The van der Waals surface area contributed by atoms with Crippen LogP contribution in [0.1, 0.15) is 42.0 Å². The lowest BCUT2D eigenvalue weighted by Gasteiger charge is -2.34. The van der Waals surface area contributed by atoms with Crippen LogP contribution in [0.25, 0.3) is 0 Å². The highest BCUT2D eigenvalue weighted by molar-refractivity contribution is 7.17. The molecule has 7 heteroatoms. The van der Waals surface area contributed by atoms with Crippen LogP contribution in [0.2, 0.25) is 0 Å². The van der Waals surface area contributed by atoms with Gasteiger partial charge in [-0.15, -0.1) is 11.3 Å². The number of halogens is 3. The Morgan fingerprint density at radius 1 is 1.19 bits per heavy atom. The van der Waals surface area contributed by atoms with Gasteiger partial charge in [0, 0.05) is 18.7 Å². The molecule has 0 bridgehead atoms. The summed E-state index contributed by atoms with van der Waals surface area (Å²) in [5, 5.41) is 10.0. The van der Waals surface area contributed by atoms with Gasteiger partial charge in [0.25, 0.3) is 0 Å². The third kappa shape index (κ3) is 2.69. The first-order valence-electron chi connectivity index (χ1n) is 7.05. The Hall–Kier alpha value is -1.42. The van der Waals surface area contributed by atoms with Crippen molar-refractivity contribution in [2.45, 2.75) is 37.8 Å². The van der Waals surface area contributed by atoms with Crippen LogP contribution < -0.4 is 10.6 Å². The van der Waals surface area contributed by atoms with Crippen LogP contribution in [0.15, 0.2) is 0 Å². The average Bonchev–Trinajstić information content (AvgIpc) is 3.22. The first-order valence-corrected chi connectivity index (χ1v) is 7.87. The Bertz CT molecular complexity index is 576. The maximum absolute atomic E-state index is 12.7. The maximum Gasteiger partial charge on any atom is 0.391 e. The molecule has 2 fully saturated rings. The van der Waals surface area contributed by atoms with Crippen LogP contribution in [0.4, 0.5) is 23.9 Å². The number of nitrogen functional groups attached to an aromatic ring is 1. The highest BCUT2D eigenvalue weighted by Crippen LogP contribution is 2.52. The van der Waals surface area contributed by atoms with E-state index in [1.165, 1.54) is 11.3 Å².